The number of methoxy groups -OCH3 is 1. The zero-order chi connectivity index (χ0) is 16.1. The van der Waals surface area contributed by atoms with Gasteiger partial charge in [0.2, 0.25) is 0 Å². The number of benzene rings is 1. The Kier molecular flexibility index (Phi) is 4.90. The number of rotatable bonds is 6. The molecular weight excluding hydrogens is 288 g/mol. The summed E-state index contributed by atoms with van der Waals surface area (Å²) in [6.07, 6.45) is 0. The molecule has 0 aliphatic rings. The van der Waals surface area contributed by atoms with Gasteiger partial charge in [0, 0.05) is 19.6 Å². The monoisotopic (exact) mass is 304 g/mol. The molecule has 1 atom stereocenters. The third-order valence-electron chi connectivity index (χ3n) is 2.92. The summed E-state index contributed by atoms with van der Waals surface area (Å²) in [7, 11) is 1.36. The molecule has 0 aliphatic carbocycles. The minimum atomic E-state index is -1.18. The van der Waals surface area contributed by atoms with Crippen molar-refractivity contribution in [3.63, 3.8) is 0 Å². The number of amides is 1. The van der Waals surface area contributed by atoms with E-state index < -0.39 is 17.9 Å². The summed E-state index contributed by atoms with van der Waals surface area (Å²) in [6, 6.07) is 7.85. The minimum absolute atomic E-state index is 0.0473. The number of ether oxygens (including phenoxy) is 1. The molecule has 2 aromatic rings. The van der Waals surface area contributed by atoms with Gasteiger partial charge < -0.3 is 19.6 Å². The maximum atomic E-state index is 12.3. The summed E-state index contributed by atoms with van der Waals surface area (Å²) < 4.78 is 10.3. The van der Waals surface area contributed by atoms with E-state index in [2.05, 4.69) is 10.3 Å². The van der Waals surface area contributed by atoms with Gasteiger partial charge in [-0.25, -0.2) is 9.78 Å². The van der Waals surface area contributed by atoms with Crippen LogP contribution in [0.4, 0.5) is 0 Å². The maximum Gasteiger partial charge on any atom is 0.328 e. The molecule has 0 fully saturated rings. The number of carboxylic acids is 1. The second kappa shape index (κ2) is 6.86. The lowest BCUT2D eigenvalue weighted by Gasteiger charge is -2.12. The van der Waals surface area contributed by atoms with E-state index in [-0.39, 0.29) is 12.3 Å². The first-order chi connectivity index (χ1) is 10.5. The van der Waals surface area contributed by atoms with Crippen molar-refractivity contribution in [3.8, 4) is 11.3 Å². The number of aromatic nitrogens is 1. The van der Waals surface area contributed by atoms with Crippen LogP contribution < -0.4 is 5.32 Å². The predicted octanol–water partition coefficient (Wildman–Crippen LogP) is 1.48. The van der Waals surface area contributed by atoms with Gasteiger partial charge in [0.15, 0.2) is 23.4 Å². The number of carboxylic acid groups (broad SMARTS) is 1. The van der Waals surface area contributed by atoms with E-state index in [4.69, 9.17) is 14.3 Å². The molecule has 2 N–H and O–H groups in total. The number of carbonyl (C=O) groups excluding carboxylic acids is 1. The molecule has 1 aromatic heterocycles. The molecule has 116 valence electrons. The average molecular weight is 304 g/mol. The van der Waals surface area contributed by atoms with Crippen LogP contribution in [-0.4, -0.2) is 41.7 Å². The summed E-state index contributed by atoms with van der Waals surface area (Å²) in [5.41, 5.74) is 0.734. The molecule has 0 bridgehead atoms. The van der Waals surface area contributed by atoms with Crippen molar-refractivity contribution < 1.29 is 23.8 Å². The molecule has 1 amide bonds. The molecule has 2 rings (SSSR count). The van der Waals surface area contributed by atoms with E-state index in [1.807, 2.05) is 6.07 Å². The van der Waals surface area contributed by atoms with Gasteiger partial charge in [-0.05, 0) is 0 Å². The molecule has 0 spiro atoms. The van der Waals surface area contributed by atoms with Gasteiger partial charge in [-0.3, -0.25) is 4.79 Å². The first-order valence-corrected chi connectivity index (χ1v) is 6.58. The topological polar surface area (TPSA) is 102 Å². The lowest BCUT2D eigenvalue weighted by atomic mass is 10.1. The van der Waals surface area contributed by atoms with Gasteiger partial charge in [-0.2, -0.15) is 0 Å². The summed E-state index contributed by atoms with van der Waals surface area (Å²) in [5, 5.41) is 11.4. The second-order valence-electron chi connectivity index (χ2n) is 4.60. The number of aliphatic carboxylic acids is 1. The van der Waals surface area contributed by atoms with Crippen molar-refractivity contribution in [1.82, 2.24) is 10.3 Å². The number of aryl methyl sites for hydroxylation is 1. The lowest BCUT2D eigenvalue weighted by molar-refractivity contribution is -0.140. The number of oxazole rings is 1. The second-order valence-corrected chi connectivity index (χ2v) is 4.60. The summed E-state index contributed by atoms with van der Waals surface area (Å²) in [4.78, 5) is 27.4. The molecule has 0 radical (unpaired) electrons. The molecule has 1 aromatic carbocycles. The Bertz CT molecular complexity index is 666. The van der Waals surface area contributed by atoms with Crippen molar-refractivity contribution >= 4 is 11.9 Å². The Morgan fingerprint density at radius 1 is 1.36 bits per heavy atom. The van der Waals surface area contributed by atoms with Crippen LogP contribution in [0.3, 0.4) is 0 Å². The molecule has 7 heteroatoms. The van der Waals surface area contributed by atoms with Crippen LogP contribution in [0.2, 0.25) is 0 Å². The standard InChI is InChI=1S/C15H16N2O5/c1-9-16-12(13(22-9)10-6-4-3-5-7-10)14(18)17-11(8-21-2)15(19)20/h3-7,11H,8H2,1-2H3,(H,17,18)(H,19,20). The Hall–Kier alpha value is -2.67. The number of nitrogens with one attached hydrogen (secondary N) is 1. The van der Waals surface area contributed by atoms with Gasteiger partial charge in [0.1, 0.15) is 0 Å². The first kappa shape index (κ1) is 15.7. The molecule has 1 heterocycles. The molecular formula is C15H16N2O5. The third-order valence-corrected chi connectivity index (χ3v) is 2.92. The van der Waals surface area contributed by atoms with Crippen LogP contribution in [-0.2, 0) is 9.53 Å². The summed E-state index contributed by atoms with van der Waals surface area (Å²) in [6.45, 7) is 1.48. The Balaban J connectivity index is 2.29. The van der Waals surface area contributed by atoms with Crippen molar-refractivity contribution in [2.45, 2.75) is 13.0 Å². The van der Waals surface area contributed by atoms with Crippen molar-refractivity contribution in [2.75, 3.05) is 13.7 Å². The van der Waals surface area contributed by atoms with E-state index in [1.165, 1.54) is 7.11 Å². The van der Waals surface area contributed by atoms with Crippen LogP contribution >= 0.6 is 0 Å². The Labute approximate surface area is 126 Å². The summed E-state index contributed by atoms with van der Waals surface area (Å²) in [5.74, 6) is -1.18. The quantitative estimate of drug-likeness (QED) is 0.838. The van der Waals surface area contributed by atoms with Gasteiger partial charge in [-0.1, -0.05) is 30.3 Å². The first-order valence-electron chi connectivity index (χ1n) is 6.58. The number of nitrogens with zero attached hydrogens (tertiary/aromatic N) is 1. The van der Waals surface area contributed by atoms with Crippen LogP contribution in [0.1, 0.15) is 16.4 Å². The van der Waals surface area contributed by atoms with Crippen molar-refractivity contribution in [1.29, 1.82) is 0 Å². The highest BCUT2D eigenvalue weighted by atomic mass is 16.5. The van der Waals surface area contributed by atoms with Crippen LogP contribution in [0, 0.1) is 6.92 Å². The number of hydrogen-bond acceptors (Lipinski definition) is 5. The third kappa shape index (κ3) is 3.50. The SMILES string of the molecule is COCC(NC(=O)c1nc(C)oc1-c1ccccc1)C(=O)O. The summed E-state index contributed by atoms with van der Waals surface area (Å²) >= 11 is 0. The molecule has 0 aliphatic heterocycles. The zero-order valence-electron chi connectivity index (χ0n) is 12.2. The highest BCUT2D eigenvalue weighted by Crippen LogP contribution is 2.24. The van der Waals surface area contributed by atoms with Gasteiger partial charge in [-0.15, -0.1) is 0 Å². The molecule has 0 saturated heterocycles. The Morgan fingerprint density at radius 2 is 2.05 bits per heavy atom. The van der Waals surface area contributed by atoms with Gasteiger partial charge in [0.25, 0.3) is 5.91 Å². The van der Waals surface area contributed by atoms with Gasteiger partial charge >= 0.3 is 5.97 Å². The van der Waals surface area contributed by atoms with E-state index in [1.54, 1.807) is 31.2 Å². The fraction of sp³-hybridized carbons (Fsp3) is 0.267. The normalized spacial score (nSPS) is 11.9. The highest BCUT2D eigenvalue weighted by molar-refractivity contribution is 5.99. The average Bonchev–Trinajstić information content (AvgIpc) is 2.89. The molecule has 0 saturated carbocycles. The van der Waals surface area contributed by atoms with E-state index in [0.717, 1.165) is 0 Å². The van der Waals surface area contributed by atoms with Crippen LogP contribution in [0.5, 0.6) is 0 Å². The molecule has 1 unspecified atom stereocenters. The predicted molar refractivity (Wildman–Crippen MR) is 77.4 cm³/mol. The van der Waals surface area contributed by atoms with Gasteiger partial charge in [0.05, 0.1) is 6.61 Å². The van der Waals surface area contributed by atoms with Crippen molar-refractivity contribution in [2.24, 2.45) is 0 Å². The molecule has 22 heavy (non-hydrogen) atoms. The zero-order valence-corrected chi connectivity index (χ0v) is 12.2. The lowest BCUT2D eigenvalue weighted by Crippen LogP contribution is -2.44. The fourth-order valence-electron chi connectivity index (χ4n) is 1.93. The van der Waals surface area contributed by atoms with E-state index >= 15 is 0 Å². The maximum absolute atomic E-state index is 12.3. The largest absolute Gasteiger partial charge is 0.480 e. The highest BCUT2D eigenvalue weighted by Gasteiger charge is 2.25. The Morgan fingerprint density at radius 3 is 2.64 bits per heavy atom. The van der Waals surface area contributed by atoms with E-state index in [0.29, 0.717) is 17.2 Å². The smallest absolute Gasteiger partial charge is 0.328 e. The molecule has 7 nitrogen and oxygen atoms in total. The van der Waals surface area contributed by atoms with Crippen LogP contribution in [0.15, 0.2) is 34.7 Å². The minimum Gasteiger partial charge on any atom is -0.480 e. The van der Waals surface area contributed by atoms with E-state index in [9.17, 15) is 9.59 Å². The fourth-order valence-corrected chi connectivity index (χ4v) is 1.93. The number of carbonyl (C=O) groups is 2. The number of hydrogen-bond donors (Lipinski definition) is 2. The van der Waals surface area contributed by atoms with Crippen LogP contribution in [0.25, 0.3) is 11.3 Å². The van der Waals surface area contributed by atoms with Crippen molar-refractivity contribution in [3.05, 3.63) is 41.9 Å².